The van der Waals surface area contributed by atoms with Crippen molar-refractivity contribution in [1.29, 1.82) is 0 Å². The van der Waals surface area contributed by atoms with Gasteiger partial charge < -0.3 is 10.3 Å². The van der Waals surface area contributed by atoms with Crippen LogP contribution in [0.15, 0.2) is 78.9 Å². The van der Waals surface area contributed by atoms with Gasteiger partial charge in [0.25, 0.3) is 11.8 Å². The zero-order chi connectivity index (χ0) is 25.1. The number of thioether (sulfide) groups is 1. The second-order valence-electron chi connectivity index (χ2n) is 8.71. The second kappa shape index (κ2) is 10.4. The summed E-state index contributed by atoms with van der Waals surface area (Å²) in [4.78, 5) is 49.5. The lowest BCUT2D eigenvalue weighted by Crippen LogP contribution is -2.51. The van der Waals surface area contributed by atoms with Crippen molar-refractivity contribution in [3.05, 3.63) is 101 Å². The Balaban J connectivity index is 1.47. The first-order chi connectivity index (χ1) is 17.6. The number of amides is 3. The molecular weight excluding hydrogens is 472 g/mol. The number of carbonyl (C=O) groups excluding carboxylic acids is 3. The van der Waals surface area contributed by atoms with Crippen molar-refractivity contribution in [3.8, 4) is 0 Å². The van der Waals surface area contributed by atoms with Crippen LogP contribution in [0.5, 0.6) is 0 Å². The standard InChI is InChI=1S/C28H26N4O3S/c1-36-16-15-23(25-29-21-13-7-8-14-22(21)30-25)31-26(33)24(17-18-9-3-2-4-10-18)32-27(34)19-11-5-6-12-20(19)28(32)35/h2-14,23-24H,15-17H2,1H3,(H,29,30)(H,31,33)/t23-,24-/m0/s1. The van der Waals surface area contributed by atoms with E-state index in [2.05, 4.69) is 10.3 Å². The first kappa shape index (κ1) is 23.8. The van der Waals surface area contributed by atoms with Crippen LogP contribution >= 0.6 is 11.8 Å². The van der Waals surface area contributed by atoms with Gasteiger partial charge in [-0.15, -0.1) is 0 Å². The van der Waals surface area contributed by atoms with Crippen molar-refractivity contribution in [2.75, 3.05) is 12.0 Å². The molecule has 0 unspecified atom stereocenters. The summed E-state index contributed by atoms with van der Waals surface area (Å²) in [6.07, 6.45) is 2.87. The van der Waals surface area contributed by atoms with E-state index in [0.717, 1.165) is 27.2 Å². The highest BCUT2D eigenvalue weighted by molar-refractivity contribution is 7.98. The molecule has 1 aliphatic rings. The molecule has 0 saturated heterocycles. The van der Waals surface area contributed by atoms with Crippen LogP contribution in [0, 0.1) is 0 Å². The average Bonchev–Trinajstić information content (AvgIpc) is 3.45. The summed E-state index contributed by atoms with van der Waals surface area (Å²) in [5, 5.41) is 3.10. The minimum atomic E-state index is -0.999. The molecule has 1 aliphatic heterocycles. The second-order valence-corrected chi connectivity index (χ2v) is 9.70. The number of nitrogens with one attached hydrogen (secondary N) is 2. The quantitative estimate of drug-likeness (QED) is 0.334. The van der Waals surface area contributed by atoms with Gasteiger partial charge in [0.2, 0.25) is 5.91 Å². The highest BCUT2D eigenvalue weighted by Gasteiger charge is 2.43. The number of aromatic nitrogens is 2. The molecule has 4 aromatic rings. The van der Waals surface area contributed by atoms with Crippen LogP contribution in [0.1, 0.15) is 44.6 Å². The van der Waals surface area contributed by atoms with Gasteiger partial charge in [0, 0.05) is 6.42 Å². The maximum Gasteiger partial charge on any atom is 0.262 e. The zero-order valence-corrected chi connectivity index (χ0v) is 20.6. The Labute approximate surface area is 213 Å². The number of aromatic amines is 1. The van der Waals surface area contributed by atoms with Gasteiger partial charge >= 0.3 is 0 Å². The van der Waals surface area contributed by atoms with Crippen LogP contribution in [-0.4, -0.2) is 50.6 Å². The number of imidazole rings is 1. The maximum absolute atomic E-state index is 13.8. The molecule has 0 aliphatic carbocycles. The fourth-order valence-electron chi connectivity index (χ4n) is 4.55. The molecule has 0 fully saturated rings. The highest BCUT2D eigenvalue weighted by atomic mass is 32.2. The van der Waals surface area contributed by atoms with Crippen LogP contribution in [0.4, 0.5) is 0 Å². The third-order valence-electron chi connectivity index (χ3n) is 6.38. The van der Waals surface area contributed by atoms with Gasteiger partial charge in [-0.25, -0.2) is 4.98 Å². The van der Waals surface area contributed by atoms with Crippen molar-refractivity contribution < 1.29 is 14.4 Å². The Hall–Kier alpha value is -3.91. The molecule has 0 radical (unpaired) electrons. The van der Waals surface area contributed by atoms with E-state index >= 15 is 0 Å². The molecule has 2 N–H and O–H groups in total. The number of imide groups is 1. The number of rotatable bonds is 9. The molecule has 8 heteroatoms. The normalized spacial score (nSPS) is 14.6. The molecule has 2 atom stereocenters. The van der Waals surface area contributed by atoms with Crippen LogP contribution < -0.4 is 5.32 Å². The Morgan fingerprint density at radius 2 is 1.58 bits per heavy atom. The van der Waals surface area contributed by atoms with Gasteiger partial charge in [-0.1, -0.05) is 54.6 Å². The van der Waals surface area contributed by atoms with Gasteiger partial charge in [0.05, 0.1) is 28.2 Å². The first-order valence-corrected chi connectivity index (χ1v) is 13.2. The molecule has 1 aromatic heterocycles. The topological polar surface area (TPSA) is 95.2 Å². The first-order valence-electron chi connectivity index (χ1n) is 11.8. The molecule has 2 heterocycles. The van der Waals surface area contributed by atoms with E-state index in [1.54, 1.807) is 36.0 Å². The van der Waals surface area contributed by atoms with Gasteiger partial charge in [-0.3, -0.25) is 19.3 Å². The number of carbonyl (C=O) groups is 3. The number of hydrogen-bond donors (Lipinski definition) is 2. The number of fused-ring (bicyclic) bond motifs is 2. The summed E-state index contributed by atoms with van der Waals surface area (Å²) < 4.78 is 0. The summed E-state index contributed by atoms with van der Waals surface area (Å²) in [7, 11) is 0. The summed E-state index contributed by atoms with van der Waals surface area (Å²) in [5.41, 5.74) is 3.21. The van der Waals surface area contributed by atoms with E-state index in [4.69, 9.17) is 4.98 Å². The fourth-order valence-corrected chi connectivity index (χ4v) is 5.02. The molecule has 0 bridgehead atoms. The SMILES string of the molecule is CSCC[C@H](NC(=O)[C@H](Cc1ccccc1)N1C(=O)c2ccccc2C1=O)c1nc2ccccc2[nH]1. The maximum atomic E-state index is 13.8. The summed E-state index contributed by atoms with van der Waals surface area (Å²) in [5.74, 6) is 0.171. The Morgan fingerprint density at radius 1 is 0.944 bits per heavy atom. The van der Waals surface area contributed by atoms with E-state index in [-0.39, 0.29) is 12.3 Å². The van der Waals surface area contributed by atoms with Gasteiger partial charge in [-0.2, -0.15) is 11.8 Å². The van der Waals surface area contributed by atoms with Crippen LogP contribution in [0.2, 0.25) is 0 Å². The number of benzene rings is 3. The minimum Gasteiger partial charge on any atom is -0.344 e. The summed E-state index contributed by atoms with van der Waals surface area (Å²) >= 11 is 1.68. The van der Waals surface area contributed by atoms with E-state index in [9.17, 15) is 14.4 Å². The van der Waals surface area contributed by atoms with E-state index < -0.39 is 23.9 Å². The molecular formula is C28H26N4O3S. The van der Waals surface area contributed by atoms with Crippen molar-refractivity contribution >= 4 is 40.5 Å². The zero-order valence-electron chi connectivity index (χ0n) is 19.8. The van der Waals surface area contributed by atoms with Crippen LogP contribution in [0.25, 0.3) is 11.0 Å². The lowest BCUT2D eigenvalue weighted by Gasteiger charge is -2.27. The molecule has 5 rings (SSSR count). The average molecular weight is 499 g/mol. The third-order valence-corrected chi connectivity index (χ3v) is 7.02. The molecule has 7 nitrogen and oxygen atoms in total. The number of hydrogen-bond acceptors (Lipinski definition) is 5. The van der Waals surface area contributed by atoms with Gasteiger partial charge in [0.1, 0.15) is 11.9 Å². The molecule has 3 amide bonds. The van der Waals surface area contributed by atoms with Gasteiger partial charge in [0.15, 0.2) is 0 Å². The van der Waals surface area contributed by atoms with Crippen molar-refractivity contribution in [2.45, 2.75) is 24.9 Å². The molecule has 3 aromatic carbocycles. The predicted molar refractivity (Wildman–Crippen MR) is 141 cm³/mol. The minimum absolute atomic E-state index is 0.216. The lowest BCUT2D eigenvalue weighted by molar-refractivity contribution is -0.125. The fraction of sp³-hybridized carbons (Fsp3) is 0.214. The Kier molecular flexibility index (Phi) is 6.86. The van der Waals surface area contributed by atoms with Crippen LogP contribution in [-0.2, 0) is 11.2 Å². The smallest absolute Gasteiger partial charge is 0.262 e. The Bertz CT molecular complexity index is 1350. The Morgan fingerprint density at radius 3 is 2.25 bits per heavy atom. The van der Waals surface area contributed by atoms with E-state index in [0.29, 0.717) is 23.4 Å². The molecule has 182 valence electrons. The van der Waals surface area contributed by atoms with Crippen molar-refractivity contribution in [2.24, 2.45) is 0 Å². The summed E-state index contributed by atoms with van der Waals surface area (Å²) in [6, 6.07) is 22.4. The monoisotopic (exact) mass is 498 g/mol. The predicted octanol–water partition coefficient (Wildman–Crippen LogP) is 4.38. The van der Waals surface area contributed by atoms with Crippen molar-refractivity contribution in [3.63, 3.8) is 0 Å². The van der Waals surface area contributed by atoms with E-state index in [1.165, 1.54) is 0 Å². The van der Waals surface area contributed by atoms with E-state index in [1.807, 2.05) is 60.9 Å². The largest absolute Gasteiger partial charge is 0.344 e. The summed E-state index contributed by atoms with van der Waals surface area (Å²) in [6.45, 7) is 0. The molecule has 0 spiro atoms. The highest BCUT2D eigenvalue weighted by Crippen LogP contribution is 2.27. The molecule has 36 heavy (non-hydrogen) atoms. The van der Waals surface area contributed by atoms with Crippen LogP contribution in [0.3, 0.4) is 0 Å². The third kappa shape index (κ3) is 4.64. The van der Waals surface area contributed by atoms with Crippen molar-refractivity contribution in [1.82, 2.24) is 20.2 Å². The number of para-hydroxylation sites is 2. The van der Waals surface area contributed by atoms with Gasteiger partial charge in [-0.05, 0) is 48.3 Å². The molecule has 0 saturated carbocycles. The lowest BCUT2D eigenvalue weighted by atomic mass is 10.0. The number of nitrogens with zero attached hydrogens (tertiary/aromatic N) is 2. The number of H-pyrrole nitrogens is 1.